The molecule has 0 aromatic carbocycles. The van der Waals surface area contributed by atoms with Crippen LogP contribution in [0.5, 0.6) is 0 Å². The Morgan fingerprint density at radius 3 is 2.37 bits per heavy atom. The van der Waals surface area contributed by atoms with Gasteiger partial charge < -0.3 is 0 Å². The van der Waals surface area contributed by atoms with E-state index in [1.54, 1.807) is 0 Å². The minimum Gasteiger partial charge on any atom is -0.0852 e. The first kappa shape index (κ1) is 19.8. The van der Waals surface area contributed by atoms with Gasteiger partial charge in [0.25, 0.3) is 0 Å². The van der Waals surface area contributed by atoms with Crippen LogP contribution in [0.25, 0.3) is 0 Å². The molecular weight excluding hydrogens is 324 g/mol. The summed E-state index contributed by atoms with van der Waals surface area (Å²) in [4.78, 5) is 0. The van der Waals surface area contributed by atoms with Gasteiger partial charge in [-0.3, -0.25) is 0 Å². The van der Waals surface area contributed by atoms with Crippen molar-refractivity contribution in [1.82, 2.24) is 0 Å². The largest absolute Gasteiger partial charge is 0.0852 e. The van der Waals surface area contributed by atoms with E-state index in [1.165, 1.54) is 51.4 Å². The molecule has 4 aliphatic rings. The van der Waals surface area contributed by atoms with E-state index in [-0.39, 0.29) is 0 Å². The molecule has 0 aliphatic heterocycles. The fourth-order valence-corrected chi connectivity index (χ4v) is 7.99. The van der Waals surface area contributed by atoms with E-state index in [2.05, 4.69) is 59.8 Å². The van der Waals surface area contributed by atoms with Gasteiger partial charge in [-0.15, -0.1) is 0 Å². The molecule has 0 nitrogen and oxygen atoms in total. The van der Waals surface area contributed by atoms with Crippen molar-refractivity contribution in [1.29, 1.82) is 0 Å². The first-order chi connectivity index (χ1) is 12.8. The molecule has 4 aliphatic carbocycles. The number of fused-ring (bicyclic) bond motifs is 5. The van der Waals surface area contributed by atoms with Gasteiger partial charge >= 0.3 is 0 Å². The first-order valence-corrected chi connectivity index (χ1v) is 12.2. The lowest BCUT2D eigenvalue weighted by Gasteiger charge is -2.54. The molecule has 0 heterocycles. The van der Waals surface area contributed by atoms with Crippen LogP contribution in [0.4, 0.5) is 0 Å². The molecule has 27 heavy (non-hydrogen) atoms. The molecule has 0 radical (unpaired) electrons. The highest BCUT2D eigenvalue weighted by molar-refractivity contribution is 5.28. The quantitative estimate of drug-likeness (QED) is 0.440. The van der Waals surface area contributed by atoms with Crippen LogP contribution in [0, 0.1) is 52.3 Å². The van der Waals surface area contributed by atoms with E-state index < -0.39 is 0 Å². The Hall–Kier alpha value is -0.520. The summed E-state index contributed by atoms with van der Waals surface area (Å²) in [6.07, 6.45) is 19.6. The minimum atomic E-state index is 0.551. The Labute approximate surface area is 169 Å². The third-order valence-corrected chi connectivity index (χ3v) is 10.2. The highest BCUT2D eigenvalue weighted by Crippen LogP contribution is 2.67. The van der Waals surface area contributed by atoms with E-state index >= 15 is 0 Å². The lowest BCUT2D eigenvalue weighted by molar-refractivity contribution is 0.0314. The minimum absolute atomic E-state index is 0.551. The second-order valence-corrected chi connectivity index (χ2v) is 11.7. The Kier molecular flexibility index (Phi) is 5.18. The van der Waals surface area contributed by atoms with Gasteiger partial charge in [0.15, 0.2) is 0 Å². The van der Waals surface area contributed by atoms with Gasteiger partial charge in [0.1, 0.15) is 0 Å². The smallest absolute Gasteiger partial charge is 0.0143 e. The molecule has 0 unspecified atom stereocenters. The molecule has 0 N–H and O–H groups in total. The summed E-state index contributed by atoms with van der Waals surface area (Å²) in [5, 5.41) is 0. The molecule has 0 aromatic rings. The molecular formula is C27H44. The number of rotatable bonds is 4. The fraction of sp³-hybridized carbons (Fsp3) is 0.852. The van der Waals surface area contributed by atoms with E-state index in [4.69, 9.17) is 0 Å². The van der Waals surface area contributed by atoms with Crippen molar-refractivity contribution in [3.63, 3.8) is 0 Å². The summed E-state index contributed by atoms with van der Waals surface area (Å²) in [6.45, 7) is 14.9. The zero-order chi connectivity index (χ0) is 19.4. The molecule has 0 amide bonds. The topological polar surface area (TPSA) is 0 Å². The summed E-state index contributed by atoms with van der Waals surface area (Å²) >= 11 is 0. The van der Waals surface area contributed by atoms with Crippen molar-refractivity contribution >= 4 is 0 Å². The zero-order valence-corrected chi connectivity index (χ0v) is 18.9. The van der Waals surface area contributed by atoms with Crippen LogP contribution in [-0.4, -0.2) is 0 Å². The lowest BCUT2D eigenvalue weighted by atomic mass is 9.51. The lowest BCUT2D eigenvalue weighted by Crippen LogP contribution is -2.45. The SMILES string of the molecule is CC(C)[C@@H](C)/C=C/[C@@H](C)[C@H]1CC[C@H]2C3=CC[C@H]4CCC[C@@]4(C)[C@@H]3CC[C@]12C. The average molecular weight is 369 g/mol. The molecule has 0 saturated heterocycles. The van der Waals surface area contributed by atoms with Gasteiger partial charge in [0.2, 0.25) is 0 Å². The van der Waals surface area contributed by atoms with Crippen molar-refractivity contribution in [3.8, 4) is 0 Å². The summed E-state index contributed by atoms with van der Waals surface area (Å²) in [5.74, 6) is 5.87. The number of hydrogen-bond donors (Lipinski definition) is 0. The number of hydrogen-bond acceptors (Lipinski definition) is 0. The maximum absolute atomic E-state index is 2.76. The van der Waals surface area contributed by atoms with Crippen molar-refractivity contribution in [2.45, 2.75) is 92.9 Å². The molecule has 3 fully saturated rings. The maximum Gasteiger partial charge on any atom is -0.0143 e. The predicted octanol–water partition coefficient (Wildman–Crippen LogP) is 8.05. The summed E-state index contributed by atoms with van der Waals surface area (Å²) in [6, 6.07) is 0. The Bertz CT molecular complexity index is 610. The van der Waals surface area contributed by atoms with Gasteiger partial charge in [-0.1, -0.05) is 71.8 Å². The van der Waals surface area contributed by atoms with Crippen molar-refractivity contribution < 1.29 is 0 Å². The standard InChI is InChI=1S/C27H44/c1-18(2)19(3)9-10-20(4)23-13-14-24-22-12-11-21-8-7-16-26(21,5)25(22)15-17-27(23,24)6/h9-10,12,18-21,23-25H,7-8,11,13-17H2,1-6H3/b10-9+/t19-,20+,21+,23+,24-,25+,26+,27+/m0/s1. The van der Waals surface area contributed by atoms with Crippen molar-refractivity contribution in [3.05, 3.63) is 23.8 Å². The molecule has 152 valence electrons. The second kappa shape index (κ2) is 7.07. The highest BCUT2D eigenvalue weighted by atomic mass is 14.6. The summed E-state index contributed by atoms with van der Waals surface area (Å²) in [7, 11) is 0. The molecule has 0 heteroatoms. The van der Waals surface area contributed by atoms with Crippen LogP contribution >= 0.6 is 0 Å². The van der Waals surface area contributed by atoms with Crippen LogP contribution in [0.1, 0.15) is 92.9 Å². The number of allylic oxidation sites excluding steroid dienone is 4. The van der Waals surface area contributed by atoms with Gasteiger partial charge in [0, 0.05) is 0 Å². The first-order valence-electron chi connectivity index (χ1n) is 12.2. The third kappa shape index (κ3) is 3.08. The van der Waals surface area contributed by atoms with Crippen LogP contribution in [0.2, 0.25) is 0 Å². The molecule has 0 spiro atoms. The van der Waals surface area contributed by atoms with E-state index in [1.807, 2.05) is 5.57 Å². The van der Waals surface area contributed by atoms with Crippen molar-refractivity contribution in [2.24, 2.45) is 52.3 Å². The van der Waals surface area contributed by atoms with Crippen molar-refractivity contribution in [2.75, 3.05) is 0 Å². The van der Waals surface area contributed by atoms with Gasteiger partial charge in [-0.05, 0) is 97.2 Å². The monoisotopic (exact) mass is 368 g/mol. The fourth-order valence-electron chi connectivity index (χ4n) is 7.99. The van der Waals surface area contributed by atoms with Crippen LogP contribution in [0.3, 0.4) is 0 Å². The zero-order valence-electron chi connectivity index (χ0n) is 18.9. The molecule has 3 saturated carbocycles. The van der Waals surface area contributed by atoms with Crippen LogP contribution in [-0.2, 0) is 0 Å². The highest BCUT2D eigenvalue weighted by Gasteiger charge is 2.57. The van der Waals surface area contributed by atoms with Gasteiger partial charge in [-0.25, -0.2) is 0 Å². The average Bonchev–Trinajstić information content (AvgIpc) is 3.18. The summed E-state index contributed by atoms with van der Waals surface area (Å²) in [5.41, 5.74) is 3.12. The van der Waals surface area contributed by atoms with E-state index in [9.17, 15) is 0 Å². The normalized spacial score (nSPS) is 46.1. The van der Waals surface area contributed by atoms with Crippen LogP contribution < -0.4 is 0 Å². The predicted molar refractivity (Wildman–Crippen MR) is 117 cm³/mol. The Balaban J connectivity index is 1.54. The Morgan fingerprint density at radius 2 is 1.63 bits per heavy atom. The summed E-state index contributed by atoms with van der Waals surface area (Å²) < 4.78 is 0. The van der Waals surface area contributed by atoms with E-state index in [0.717, 1.165) is 35.5 Å². The van der Waals surface area contributed by atoms with Gasteiger partial charge in [-0.2, -0.15) is 0 Å². The van der Waals surface area contributed by atoms with Gasteiger partial charge in [0.05, 0.1) is 0 Å². The van der Waals surface area contributed by atoms with E-state index in [0.29, 0.717) is 16.7 Å². The molecule has 4 rings (SSSR count). The molecule has 0 aromatic heterocycles. The Morgan fingerprint density at radius 1 is 0.889 bits per heavy atom. The second-order valence-electron chi connectivity index (χ2n) is 11.7. The van der Waals surface area contributed by atoms with Crippen LogP contribution in [0.15, 0.2) is 23.8 Å². The molecule has 8 atom stereocenters. The maximum atomic E-state index is 2.76. The third-order valence-electron chi connectivity index (χ3n) is 10.2. The molecule has 0 bridgehead atoms.